The van der Waals surface area contributed by atoms with Crippen molar-refractivity contribution in [3.05, 3.63) is 101 Å². The number of nitrogens with one attached hydrogen (secondary N) is 2. The molecule has 3 amide bonds. The lowest BCUT2D eigenvalue weighted by Crippen LogP contribution is -2.60. The second-order valence-electron chi connectivity index (χ2n) is 11.5. The van der Waals surface area contributed by atoms with Gasteiger partial charge >= 0.3 is 0 Å². The lowest BCUT2D eigenvalue weighted by Gasteiger charge is -2.39. The van der Waals surface area contributed by atoms with Crippen molar-refractivity contribution < 1.29 is 19.2 Å². The van der Waals surface area contributed by atoms with Crippen LogP contribution in [0.2, 0.25) is 0 Å². The van der Waals surface area contributed by atoms with Crippen LogP contribution >= 0.6 is 11.3 Å². The molecule has 2 fully saturated rings. The van der Waals surface area contributed by atoms with Gasteiger partial charge in [0.15, 0.2) is 5.01 Å². The van der Waals surface area contributed by atoms with Crippen LogP contribution in [0.15, 0.2) is 78.9 Å². The van der Waals surface area contributed by atoms with Crippen molar-refractivity contribution in [2.24, 2.45) is 5.73 Å². The normalized spacial score (nSPS) is 18.4. The topological polar surface area (TPSA) is 150 Å². The summed E-state index contributed by atoms with van der Waals surface area (Å²) in [5.41, 5.74) is 8.71. The predicted molar refractivity (Wildman–Crippen MR) is 172 cm³/mol. The molecule has 6 rings (SSSR count). The first-order valence-corrected chi connectivity index (χ1v) is 15.8. The van der Waals surface area contributed by atoms with E-state index in [1.807, 2.05) is 60.7 Å². The van der Waals surface area contributed by atoms with E-state index in [1.54, 1.807) is 28.0 Å². The van der Waals surface area contributed by atoms with E-state index in [4.69, 9.17) is 11.1 Å². The first kappa shape index (κ1) is 30.1. The zero-order valence-electron chi connectivity index (χ0n) is 24.6. The Bertz CT molecular complexity index is 1740. The Morgan fingerprint density at radius 1 is 1.00 bits per heavy atom. The fourth-order valence-electron chi connectivity index (χ4n) is 6.21. The maximum atomic E-state index is 13.9. The number of fused-ring (bicyclic) bond motifs is 2. The monoisotopic (exact) mass is 622 g/mol. The molecule has 3 heterocycles. The SMILES string of the molecule is N=C(N)c1cccc(C[C@H](NC(=O)[C@@H]2CC[C@H]3CN(C(=O)CCc4ccccc4)CC(=O)N32)C(=O)c2nc3ccccc3s2)c1. The Balaban J connectivity index is 1.17. The number of carbonyl (C=O) groups excluding carboxylic acids is 4. The van der Waals surface area contributed by atoms with Gasteiger partial charge in [-0.1, -0.05) is 60.7 Å². The summed E-state index contributed by atoms with van der Waals surface area (Å²) >= 11 is 1.27. The van der Waals surface area contributed by atoms with Crippen molar-refractivity contribution in [3.63, 3.8) is 0 Å². The highest BCUT2D eigenvalue weighted by atomic mass is 32.1. The van der Waals surface area contributed by atoms with Crippen LogP contribution in [0.4, 0.5) is 0 Å². The largest absolute Gasteiger partial charge is 0.384 e. The van der Waals surface area contributed by atoms with Crippen molar-refractivity contribution in [2.75, 3.05) is 13.1 Å². The van der Waals surface area contributed by atoms with Crippen molar-refractivity contribution in [2.45, 2.75) is 50.2 Å². The van der Waals surface area contributed by atoms with Crippen LogP contribution in [0, 0.1) is 5.41 Å². The first-order chi connectivity index (χ1) is 21.8. The van der Waals surface area contributed by atoms with Gasteiger partial charge in [0.2, 0.25) is 23.5 Å². The van der Waals surface area contributed by atoms with Crippen molar-refractivity contribution in [1.82, 2.24) is 20.1 Å². The molecule has 3 aromatic carbocycles. The van der Waals surface area contributed by atoms with Gasteiger partial charge in [0.05, 0.1) is 28.8 Å². The van der Waals surface area contributed by atoms with E-state index < -0.39 is 18.0 Å². The summed E-state index contributed by atoms with van der Waals surface area (Å²) in [7, 11) is 0. The molecule has 3 atom stereocenters. The zero-order chi connectivity index (χ0) is 31.5. The van der Waals surface area contributed by atoms with Crippen LogP contribution in [0.25, 0.3) is 10.2 Å². The number of hydrogen-bond donors (Lipinski definition) is 3. The van der Waals surface area contributed by atoms with E-state index in [1.165, 1.54) is 11.3 Å². The van der Waals surface area contributed by atoms with Gasteiger partial charge in [-0.25, -0.2) is 4.98 Å². The van der Waals surface area contributed by atoms with E-state index in [9.17, 15) is 19.2 Å². The average molecular weight is 623 g/mol. The van der Waals surface area contributed by atoms with Gasteiger partial charge in [0, 0.05) is 24.9 Å². The number of benzene rings is 3. The second-order valence-corrected chi connectivity index (χ2v) is 12.6. The smallest absolute Gasteiger partial charge is 0.243 e. The summed E-state index contributed by atoms with van der Waals surface area (Å²) in [6.45, 7) is 0.314. The van der Waals surface area contributed by atoms with E-state index in [0.29, 0.717) is 43.3 Å². The molecule has 230 valence electrons. The molecule has 2 saturated heterocycles. The molecular formula is C34H34N6O4S. The highest BCUT2D eigenvalue weighted by Crippen LogP contribution is 2.30. The molecule has 0 bridgehead atoms. The molecule has 0 saturated carbocycles. The van der Waals surface area contributed by atoms with Gasteiger partial charge in [0.1, 0.15) is 11.9 Å². The standard InChI is InChI=1S/C34H34N6O4S/c35-32(36)23-10-6-9-22(17-23)18-26(31(43)34-38-25-11-4-5-12-28(25)45-34)37-33(44)27-15-14-24-19-39(20-30(42)40(24)27)29(41)16-13-21-7-2-1-3-8-21/h1-12,17,24,26-27H,13-16,18-20H2,(H3,35,36)(H,37,44)/t24-,26-,27-/m0/s1. The van der Waals surface area contributed by atoms with Crippen LogP contribution < -0.4 is 11.1 Å². The molecule has 0 radical (unpaired) electrons. The van der Waals surface area contributed by atoms with Crippen molar-refractivity contribution in [3.8, 4) is 0 Å². The molecule has 10 nitrogen and oxygen atoms in total. The highest BCUT2D eigenvalue weighted by Gasteiger charge is 2.46. The van der Waals surface area contributed by atoms with Crippen LogP contribution in [0.3, 0.4) is 0 Å². The summed E-state index contributed by atoms with van der Waals surface area (Å²) in [6.07, 6.45) is 2.10. The molecule has 2 aliphatic rings. The van der Waals surface area contributed by atoms with Crippen LogP contribution in [-0.2, 0) is 27.2 Å². The Morgan fingerprint density at radius 3 is 2.53 bits per heavy atom. The Hall–Kier alpha value is -4.90. The Morgan fingerprint density at radius 2 is 1.76 bits per heavy atom. The molecular weight excluding hydrogens is 588 g/mol. The molecule has 2 aliphatic heterocycles. The van der Waals surface area contributed by atoms with E-state index in [2.05, 4.69) is 10.3 Å². The number of nitrogens with zero attached hydrogens (tertiary/aromatic N) is 3. The number of amides is 3. The maximum absolute atomic E-state index is 13.9. The molecule has 0 spiro atoms. The lowest BCUT2D eigenvalue weighted by molar-refractivity contribution is -0.151. The van der Waals surface area contributed by atoms with Gasteiger partial charge in [-0.3, -0.25) is 24.6 Å². The third-order valence-corrected chi connectivity index (χ3v) is 9.54. The van der Waals surface area contributed by atoms with Crippen molar-refractivity contribution in [1.29, 1.82) is 5.41 Å². The number of aryl methyl sites for hydroxylation is 1. The number of aromatic nitrogens is 1. The number of amidine groups is 1. The third kappa shape index (κ3) is 6.63. The number of para-hydroxylation sites is 1. The Labute approximate surface area is 264 Å². The minimum absolute atomic E-state index is 0.0696. The number of Topliss-reactive ketones (excluding diaryl/α,β-unsaturated/α-hetero) is 1. The van der Waals surface area contributed by atoms with Gasteiger partial charge in [-0.05, 0) is 48.6 Å². The first-order valence-electron chi connectivity index (χ1n) is 15.0. The van der Waals surface area contributed by atoms with E-state index >= 15 is 0 Å². The van der Waals surface area contributed by atoms with Crippen LogP contribution in [-0.4, -0.2) is 75.3 Å². The summed E-state index contributed by atoms with van der Waals surface area (Å²) in [6, 6.07) is 22.3. The summed E-state index contributed by atoms with van der Waals surface area (Å²) in [5, 5.41) is 11.0. The Kier molecular flexibility index (Phi) is 8.70. The quantitative estimate of drug-likeness (QED) is 0.140. The highest BCUT2D eigenvalue weighted by molar-refractivity contribution is 7.20. The number of piperazine rings is 1. The zero-order valence-corrected chi connectivity index (χ0v) is 25.5. The minimum Gasteiger partial charge on any atom is -0.384 e. The molecule has 0 aliphatic carbocycles. The van der Waals surface area contributed by atoms with E-state index in [-0.39, 0.29) is 47.4 Å². The second kappa shape index (κ2) is 13.0. The predicted octanol–water partition coefficient (Wildman–Crippen LogP) is 3.33. The number of hydrogen-bond acceptors (Lipinski definition) is 7. The molecule has 4 aromatic rings. The van der Waals surface area contributed by atoms with Crippen LogP contribution in [0.1, 0.15) is 45.8 Å². The molecule has 1 aromatic heterocycles. The summed E-state index contributed by atoms with van der Waals surface area (Å²) < 4.78 is 0.866. The van der Waals surface area contributed by atoms with Gasteiger partial charge in [-0.2, -0.15) is 0 Å². The number of thiazole rings is 1. The fourth-order valence-corrected chi connectivity index (χ4v) is 7.17. The number of carbonyl (C=O) groups is 4. The van der Waals surface area contributed by atoms with E-state index in [0.717, 1.165) is 15.8 Å². The molecule has 0 unspecified atom stereocenters. The number of nitrogens with two attached hydrogens (primary N) is 1. The van der Waals surface area contributed by atoms with Gasteiger partial charge in [-0.15, -0.1) is 11.3 Å². The fraction of sp³-hybridized carbons (Fsp3) is 0.294. The molecule has 4 N–H and O–H groups in total. The van der Waals surface area contributed by atoms with Gasteiger partial charge < -0.3 is 20.9 Å². The lowest BCUT2D eigenvalue weighted by atomic mass is 9.99. The van der Waals surface area contributed by atoms with Gasteiger partial charge in [0.25, 0.3) is 0 Å². The van der Waals surface area contributed by atoms with Crippen LogP contribution in [0.5, 0.6) is 0 Å². The third-order valence-electron chi connectivity index (χ3n) is 8.49. The maximum Gasteiger partial charge on any atom is 0.243 e. The summed E-state index contributed by atoms with van der Waals surface area (Å²) in [4.78, 5) is 61.7. The average Bonchev–Trinajstić information content (AvgIpc) is 3.69. The minimum atomic E-state index is -0.949. The summed E-state index contributed by atoms with van der Waals surface area (Å²) in [5.74, 6) is -1.17. The van der Waals surface area contributed by atoms with Crippen molar-refractivity contribution >= 4 is 50.9 Å². The molecule has 11 heteroatoms. The molecule has 45 heavy (non-hydrogen) atoms. The number of rotatable bonds is 10. The number of nitrogen functional groups attached to an aromatic ring is 1. The number of ketones is 1.